The maximum atomic E-state index is 14.3. The third kappa shape index (κ3) is 5.28. The maximum Gasteiger partial charge on any atom is 0.201 e. The van der Waals surface area contributed by atoms with E-state index in [9.17, 15) is 8.78 Å². The van der Waals surface area contributed by atoms with Crippen LogP contribution in [0.3, 0.4) is 0 Å². The van der Waals surface area contributed by atoms with Gasteiger partial charge in [-0.15, -0.1) is 0 Å². The number of ether oxygens (including phenoxy) is 1. The lowest BCUT2D eigenvalue weighted by Gasteiger charge is -2.36. The fourth-order valence-electron chi connectivity index (χ4n) is 4.93. The normalized spacial score (nSPS) is 27.7. The Balaban J connectivity index is 1.53. The highest BCUT2D eigenvalue weighted by Gasteiger charge is 2.30. The summed E-state index contributed by atoms with van der Waals surface area (Å²) in [6, 6.07) is 3.02. The van der Waals surface area contributed by atoms with Crippen molar-refractivity contribution in [2.24, 2.45) is 23.7 Å². The quantitative estimate of drug-likeness (QED) is 0.488. The van der Waals surface area contributed by atoms with Crippen LogP contribution in [0.2, 0.25) is 0 Å². The molecule has 1 aromatic rings. The van der Waals surface area contributed by atoms with E-state index in [-0.39, 0.29) is 11.3 Å². The van der Waals surface area contributed by atoms with Gasteiger partial charge in [0.1, 0.15) is 0 Å². The summed E-state index contributed by atoms with van der Waals surface area (Å²) in [6.45, 7) is 4.62. The third-order valence-corrected chi connectivity index (χ3v) is 6.83. The molecule has 0 amide bonds. The van der Waals surface area contributed by atoms with Gasteiger partial charge in [-0.1, -0.05) is 45.0 Å². The van der Waals surface area contributed by atoms with Crippen LogP contribution in [-0.2, 0) is 0 Å². The zero-order chi connectivity index (χ0) is 19.9. The maximum absolute atomic E-state index is 14.3. The van der Waals surface area contributed by atoms with E-state index in [1.165, 1.54) is 57.1 Å². The van der Waals surface area contributed by atoms with Gasteiger partial charge in [-0.05, 0) is 74.8 Å². The minimum Gasteiger partial charge on any atom is -0.490 e. The SMILES string of the molecule is CCCOc1ccc(C#C[C@H]2CC[C@H]([C@H]3CC[C@H](CC)CC3)CC2)c(F)c1F. The first kappa shape index (κ1) is 21.2. The summed E-state index contributed by atoms with van der Waals surface area (Å²) in [5.74, 6) is 7.28. The summed E-state index contributed by atoms with van der Waals surface area (Å²) >= 11 is 0. The van der Waals surface area contributed by atoms with E-state index < -0.39 is 11.6 Å². The molecule has 154 valence electrons. The lowest BCUT2D eigenvalue weighted by molar-refractivity contribution is 0.156. The fourth-order valence-corrected chi connectivity index (χ4v) is 4.93. The zero-order valence-corrected chi connectivity index (χ0v) is 17.4. The molecule has 0 aromatic heterocycles. The van der Waals surface area contributed by atoms with Crippen molar-refractivity contribution in [1.82, 2.24) is 0 Å². The Hall–Kier alpha value is -1.56. The van der Waals surface area contributed by atoms with Gasteiger partial charge in [-0.3, -0.25) is 0 Å². The predicted molar refractivity (Wildman–Crippen MR) is 110 cm³/mol. The molecule has 3 heteroatoms. The highest BCUT2D eigenvalue weighted by molar-refractivity contribution is 5.41. The third-order valence-electron chi connectivity index (χ3n) is 6.83. The van der Waals surface area contributed by atoms with Gasteiger partial charge in [-0.25, -0.2) is 4.39 Å². The Morgan fingerprint density at radius 3 is 2.14 bits per heavy atom. The Labute approximate surface area is 169 Å². The van der Waals surface area contributed by atoms with E-state index in [0.29, 0.717) is 12.5 Å². The van der Waals surface area contributed by atoms with Crippen molar-refractivity contribution in [2.75, 3.05) is 6.61 Å². The highest BCUT2D eigenvalue weighted by atomic mass is 19.2. The van der Waals surface area contributed by atoms with Crippen LogP contribution in [0.15, 0.2) is 12.1 Å². The summed E-state index contributed by atoms with van der Waals surface area (Å²) in [6.07, 6.45) is 12.4. The van der Waals surface area contributed by atoms with Crippen LogP contribution in [0.4, 0.5) is 8.78 Å². The van der Waals surface area contributed by atoms with E-state index in [1.807, 2.05) is 6.92 Å². The molecule has 3 rings (SSSR count). The van der Waals surface area contributed by atoms with E-state index in [1.54, 1.807) is 0 Å². The number of benzene rings is 1. The van der Waals surface area contributed by atoms with Gasteiger partial charge in [0, 0.05) is 5.92 Å². The van der Waals surface area contributed by atoms with E-state index in [2.05, 4.69) is 18.8 Å². The molecule has 0 radical (unpaired) electrons. The standard InChI is InChI=1S/C25H34F2O/c1-3-17-28-23-16-15-22(24(26)25(23)27)14-9-19-7-12-21(13-8-19)20-10-5-18(4-2)6-11-20/h15-16,18-21H,3-8,10-13,17H2,1-2H3/t18-,19-,20-,21-. The van der Waals surface area contributed by atoms with Crippen molar-refractivity contribution in [3.8, 4) is 17.6 Å². The van der Waals surface area contributed by atoms with Gasteiger partial charge in [0.05, 0.1) is 12.2 Å². The van der Waals surface area contributed by atoms with Crippen LogP contribution in [0, 0.1) is 47.1 Å². The molecule has 0 bridgehead atoms. The van der Waals surface area contributed by atoms with Crippen molar-refractivity contribution in [3.63, 3.8) is 0 Å². The zero-order valence-electron chi connectivity index (χ0n) is 17.4. The Bertz CT molecular complexity index is 686. The first-order valence-corrected chi connectivity index (χ1v) is 11.2. The monoisotopic (exact) mass is 388 g/mol. The molecule has 2 fully saturated rings. The number of hydrogen-bond donors (Lipinski definition) is 0. The molecule has 2 aliphatic carbocycles. The molecule has 2 saturated carbocycles. The molecule has 1 nitrogen and oxygen atoms in total. The summed E-state index contributed by atoms with van der Waals surface area (Å²) in [7, 11) is 0. The van der Waals surface area contributed by atoms with Crippen molar-refractivity contribution < 1.29 is 13.5 Å². The average molecular weight is 389 g/mol. The van der Waals surface area contributed by atoms with Gasteiger partial charge >= 0.3 is 0 Å². The molecule has 0 spiro atoms. The molecule has 1 aromatic carbocycles. The second-order valence-corrected chi connectivity index (χ2v) is 8.66. The largest absolute Gasteiger partial charge is 0.490 e. The smallest absolute Gasteiger partial charge is 0.201 e. The molecule has 0 unspecified atom stereocenters. The summed E-state index contributed by atoms with van der Waals surface area (Å²) in [5, 5.41) is 0. The van der Waals surface area contributed by atoms with Gasteiger partial charge in [0.15, 0.2) is 11.6 Å². The molecule has 0 aliphatic heterocycles. The van der Waals surface area contributed by atoms with Crippen molar-refractivity contribution in [2.45, 2.75) is 78.1 Å². The first-order valence-electron chi connectivity index (χ1n) is 11.2. The molecule has 0 saturated heterocycles. The van der Waals surface area contributed by atoms with Gasteiger partial charge in [0.2, 0.25) is 5.82 Å². The molecular formula is C25H34F2O. The molecule has 0 atom stereocenters. The van der Waals surface area contributed by atoms with Gasteiger partial charge in [-0.2, -0.15) is 4.39 Å². The predicted octanol–water partition coefficient (Wildman–Crippen LogP) is 7.13. The Morgan fingerprint density at radius 1 is 0.893 bits per heavy atom. The van der Waals surface area contributed by atoms with Crippen LogP contribution in [0.5, 0.6) is 5.75 Å². The average Bonchev–Trinajstić information content (AvgIpc) is 2.74. The number of halogens is 2. The minimum absolute atomic E-state index is 0.0248. The molecule has 28 heavy (non-hydrogen) atoms. The van der Waals surface area contributed by atoms with Crippen molar-refractivity contribution in [1.29, 1.82) is 0 Å². The topological polar surface area (TPSA) is 9.23 Å². The van der Waals surface area contributed by atoms with E-state index in [4.69, 9.17) is 4.74 Å². The summed E-state index contributed by atoms with van der Waals surface area (Å²) in [5.41, 5.74) is 0.140. The van der Waals surface area contributed by atoms with Gasteiger partial charge in [0.25, 0.3) is 0 Å². The van der Waals surface area contributed by atoms with Crippen LogP contribution in [0.25, 0.3) is 0 Å². The summed E-state index contributed by atoms with van der Waals surface area (Å²) in [4.78, 5) is 0. The van der Waals surface area contributed by atoms with Gasteiger partial charge < -0.3 is 4.74 Å². The summed E-state index contributed by atoms with van der Waals surface area (Å²) < 4.78 is 33.6. The van der Waals surface area contributed by atoms with E-state index >= 15 is 0 Å². The minimum atomic E-state index is -0.924. The molecule has 0 heterocycles. The Kier molecular flexibility index (Phi) is 7.77. The number of hydrogen-bond acceptors (Lipinski definition) is 1. The second-order valence-electron chi connectivity index (χ2n) is 8.66. The Morgan fingerprint density at radius 2 is 1.54 bits per heavy atom. The molecule has 2 aliphatic rings. The lowest BCUT2D eigenvalue weighted by Crippen LogP contribution is -2.25. The van der Waals surface area contributed by atoms with Crippen LogP contribution >= 0.6 is 0 Å². The highest BCUT2D eigenvalue weighted by Crippen LogP contribution is 2.41. The lowest BCUT2D eigenvalue weighted by atomic mass is 9.69. The van der Waals surface area contributed by atoms with Crippen LogP contribution < -0.4 is 4.74 Å². The van der Waals surface area contributed by atoms with Crippen LogP contribution in [-0.4, -0.2) is 6.61 Å². The first-order chi connectivity index (χ1) is 13.6. The fraction of sp³-hybridized carbons (Fsp3) is 0.680. The van der Waals surface area contributed by atoms with Crippen molar-refractivity contribution >= 4 is 0 Å². The van der Waals surface area contributed by atoms with E-state index in [0.717, 1.165) is 37.0 Å². The van der Waals surface area contributed by atoms with Crippen LogP contribution in [0.1, 0.15) is 83.6 Å². The number of rotatable bonds is 5. The molecule has 0 N–H and O–H groups in total. The molecular weight excluding hydrogens is 354 g/mol. The van der Waals surface area contributed by atoms with Crippen molar-refractivity contribution in [3.05, 3.63) is 29.3 Å². The second kappa shape index (κ2) is 10.3.